The molecule has 0 bridgehead atoms. The van der Waals surface area contributed by atoms with E-state index in [1.165, 1.54) is 17.3 Å². The van der Waals surface area contributed by atoms with Gasteiger partial charge in [-0.05, 0) is 13.3 Å². The van der Waals surface area contributed by atoms with Crippen molar-refractivity contribution in [3.8, 4) is 0 Å². The van der Waals surface area contributed by atoms with Crippen LogP contribution in [0, 0.1) is 0 Å². The average Bonchev–Trinajstić information content (AvgIpc) is 2.86. The number of aromatic nitrogens is 3. The molecule has 1 aromatic rings. The van der Waals surface area contributed by atoms with Gasteiger partial charge in [0.1, 0.15) is 24.7 Å². The minimum absolute atomic E-state index is 0.0551. The number of hydrogen-bond donors (Lipinski definition) is 3. The van der Waals surface area contributed by atoms with Crippen molar-refractivity contribution in [1.29, 1.82) is 0 Å². The van der Waals surface area contributed by atoms with Crippen molar-refractivity contribution in [3.05, 3.63) is 12.7 Å². The maximum Gasteiger partial charge on any atom is 0.326 e. The molecule has 4 N–H and O–H groups in total. The number of aliphatic carboxylic acids is 1. The van der Waals surface area contributed by atoms with Gasteiger partial charge < -0.3 is 16.2 Å². The van der Waals surface area contributed by atoms with E-state index in [1.807, 2.05) is 0 Å². The lowest BCUT2D eigenvalue weighted by Gasteiger charge is -2.17. The van der Waals surface area contributed by atoms with Crippen LogP contribution in [0.15, 0.2) is 12.7 Å². The van der Waals surface area contributed by atoms with Crippen molar-refractivity contribution in [3.63, 3.8) is 0 Å². The van der Waals surface area contributed by atoms with E-state index in [2.05, 4.69) is 15.4 Å². The molecule has 0 aliphatic heterocycles. The van der Waals surface area contributed by atoms with Gasteiger partial charge in [-0.25, -0.2) is 14.5 Å². The van der Waals surface area contributed by atoms with Crippen molar-refractivity contribution in [2.24, 2.45) is 5.73 Å². The zero-order chi connectivity index (χ0) is 14.4. The second-order valence-electron chi connectivity index (χ2n) is 3.96. The number of nitrogens with one attached hydrogen (secondary N) is 1. The van der Waals surface area contributed by atoms with E-state index in [1.54, 1.807) is 6.92 Å². The minimum atomic E-state index is -1.22. The summed E-state index contributed by atoms with van der Waals surface area (Å²) in [6.45, 7) is 1.55. The van der Waals surface area contributed by atoms with E-state index >= 15 is 0 Å². The second kappa shape index (κ2) is 6.47. The zero-order valence-electron chi connectivity index (χ0n) is 10.3. The van der Waals surface area contributed by atoms with Gasteiger partial charge in [-0.3, -0.25) is 9.59 Å². The first-order valence-corrected chi connectivity index (χ1v) is 5.57. The van der Waals surface area contributed by atoms with Gasteiger partial charge >= 0.3 is 5.97 Å². The van der Waals surface area contributed by atoms with Gasteiger partial charge in [0, 0.05) is 6.42 Å². The van der Waals surface area contributed by atoms with Crippen LogP contribution in [0.3, 0.4) is 0 Å². The van der Waals surface area contributed by atoms with E-state index in [0.717, 1.165) is 0 Å². The first kappa shape index (κ1) is 14.6. The maximum absolute atomic E-state index is 11.8. The summed E-state index contributed by atoms with van der Waals surface area (Å²) in [7, 11) is 0. The van der Waals surface area contributed by atoms with E-state index < -0.39 is 29.9 Å². The molecule has 1 aromatic heterocycles. The van der Waals surface area contributed by atoms with Gasteiger partial charge in [0.25, 0.3) is 0 Å². The lowest BCUT2D eigenvalue weighted by molar-refractivity contribution is -0.142. The molecule has 9 heteroatoms. The third-order valence-corrected chi connectivity index (χ3v) is 2.51. The monoisotopic (exact) mass is 269 g/mol. The number of amides is 2. The molecule has 0 saturated heterocycles. The zero-order valence-corrected chi connectivity index (χ0v) is 10.3. The topological polar surface area (TPSA) is 140 Å². The number of nitrogens with two attached hydrogens (primary N) is 1. The molecular formula is C10H15N5O4. The molecular weight excluding hydrogens is 254 g/mol. The van der Waals surface area contributed by atoms with Crippen LogP contribution >= 0.6 is 0 Å². The number of rotatable bonds is 7. The first-order chi connectivity index (χ1) is 8.91. The molecule has 104 valence electrons. The average molecular weight is 269 g/mol. The van der Waals surface area contributed by atoms with Gasteiger partial charge in [-0.1, -0.05) is 0 Å². The lowest BCUT2D eigenvalue weighted by Crippen LogP contribution is -2.44. The van der Waals surface area contributed by atoms with E-state index in [0.29, 0.717) is 0 Å². The fraction of sp³-hybridized carbons (Fsp3) is 0.500. The highest BCUT2D eigenvalue weighted by Gasteiger charge is 2.24. The predicted molar refractivity (Wildman–Crippen MR) is 62.7 cm³/mol. The Hall–Kier alpha value is -2.45. The fourth-order valence-corrected chi connectivity index (χ4v) is 1.37. The Bertz CT molecular complexity index is 458. The number of carboxylic acids is 1. The van der Waals surface area contributed by atoms with Gasteiger partial charge in [0.15, 0.2) is 0 Å². The molecule has 1 unspecified atom stereocenters. The highest BCUT2D eigenvalue weighted by Crippen LogP contribution is 2.05. The maximum atomic E-state index is 11.8. The SMILES string of the molecule is CC(C(=O)N[C@H](CCC(N)=O)C(=O)O)n1cncn1. The highest BCUT2D eigenvalue weighted by molar-refractivity contribution is 5.86. The molecule has 0 aliphatic rings. The second-order valence-corrected chi connectivity index (χ2v) is 3.96. The lowest BCUT2D eigenvalue weighted by atomic mass is 10.1. The van der Waals surface area contributed by atoms with Crippen LogP contribution in [0.1, 0.15) is 25.8 Å². The van der Waals surface area contributed by atoms with Crippen LogP contribution in [-0.4, -0.2) is 43.7 Å². The van der Waals surface area contributed by atoms with Gasteiger partial charge in [0.05, 0.1) is 0 Å². The molecule has 1 rings (SSSR count). The van der Waals surface area contributed by atoms with Gasteiger partial charge in [-0.15, -0.1) is 0 Å². The quantitative estimate of drug-likeness (QED) is 0.560. The van der Waals surface area contributed by atoms with Crippen LogP contribution < -0.4 is 11.1 Å². The van der Waals surface area contributed by atoms with Crippen molar-refractivity contribution >= 4 is 17.8 Å². The number of carbonyl (C=O) groups is 3. The van der Waals surface area contributed by atoms with Crippen molar-refractivity contribution < 1.29 is 19.5 Å². The first-order valence-electron chi connectivity index (χ1n) is 5.57. The van der Waals surface area contributed by atoms with Crippen LogP contribution in [0.2, 0.25) is 0 Å². The summed E-state index contributed by atoms with van der Waals surface area (Å²) in [5, 5.41) is 15.1. The normalized spacial score (nSPS) is 13.5. The molecule has 0 fully saturated rings. The number of carboxylic acid groups (broad SMARTS) is 1. The van der Waals surface area contributed by atoms with Crippen LogP contribution in [-0.2, 0) is 14.4 Å². The Labute approximate surface area is 108 Å². The van der Waals surface area contributed by atoms with Crippen molar-refractivity contribution in [1.82, 2.24) is 20.1 Å². The summed E-state index contributed by atoms with van der Waals surface area (Å²) in [5.41, 5.74) is 4.94. The summed E-state index contributed by atoms with van der Waals surface area (Å²) in [5.74, 6) is -2.37. The van der Waals surface area contributed by atoms with Crippen molar-refractivity contribution in [2.75, 3.05) is 0 Å². The smallest absolute Gasteiger partial charge is 0.326 e. The molecule has 0 saturated carbocycles. The molecule has 19 heavy (non-hydrogen) atoms. The Kier molecular flexibility index (Phi) is 4.98. The molecule has 0 aliphatic carbocycles. The molecule has 0 aromatic carbocycles. The molecule has 1 heterocycles. The van der Waals surface area contributed by atoms with Crippen LogP contribution in [0.25, 0.3) is 0 Å². The summed E-state index contributed by atoms with van der Waals surface area (Å²) in [4.78, 5) is 37.1. The standard InChI is InChI=1S/C10H15N5O4/c1-6(15-5-12-4-13-15)9(17)14-7(10(18)19)2-3-8(11)16/h4-7H,2-3H2,1H3,(H2,11,16)(H,14,17)(H,18,19)/t6?,7-/m1/s1. The molecule has 0 spiro atoms. The van der Waals surface area contributed by atoms with Crippen LogP contribution in [0.5, 0.6) is 0 Å². The molecule has 0 radical (unpaired) electrons. The summed E-state index contributed by atoms with van der Waals surface area (Å²) >= 11 is 0. The number of primary amides is 1. The Morgan fingerprint density at radius 2 is 2.16 bits per heavy atom. The van der Waals surface area contributed by atoms with Crippen LogP contribution in [0.4, 0.5) is 0 Å². The van der Waals surface area contributed by atoms with Gasteiger partial charge in [-0.2, -0.15) is 5.10 Å². The van der Waals surface area contributed by atoms with E-state index in [4.69, 9.17) is 10.8 Å². The predicted octanol–water partition coefficient (Wildman–Crippen LogP) is -1.33. The fourth-order valence-electron chi connectivity index (χ4n) is 1.37. The third kappa shape index (κ3) is 4.37. The largest absolute Gasteiger partial charge is 0.480 e. The molecule has 9 nitrogen and oxygen atoms in total. The highest BCUT2D eigenvalue weighted by atomic mass is 16.4. The third-order valence-electron chi connectivity index (χ3n) is 2.51. The Morgan fingerprint density at radius 3 is 2.63 bits per heavy atom. The van der Waals surface area contributed by atoms with Crippen molar-refractivity contribution in [2.45, 2.75) is 31.8 Å². The molecule has 2 amide bonds. The molecule has 2 atom stereocenters. The Balaban J connectivity index is 2.61. The minimum Gasteiger partial charge on any atom is -0.480 e. The summed E-state index contributed by atoms with van der Waals surface area (Å²) in [6, 6.07) is -1.86. The number of nitrogens with zero attached hydrogens (tertiary/aromatic N) is 3. The summed E-state index contributed by atoms with van der Waals surface area (Å²) < 4.78 is 1.29. The number of hydrogen-bond acceptors (Lipinski definition) is 5. The summed E-state index contributed by atoms with van der Waals surface area (Å²) in [6.07, 6.45) is 2.45. The van der Waals surface area contributed by atoms with Gasteiger partial charge in [0.2, 0.25) is 11.8 Å². The van der Waals surface area contributed by atoms with E-state index in [-0.39, 0.29) is 12.8 Å². The van der Waals surface area contributed by atoms with E-state index in [9.17, 15) is 14.4 Å². The number of carbonyl (C=O) groups excluding carboxylic acids is 2. The Morgan fingerprint density at radius 1 is 1.47 bits per heavy atom.